The minimum Gasteiger partial charge on any atom is -0.368 e. The third-order valence-electron chi connectivity index (χ3n) is 4.78. The van der Waals surface area contributed by atoms with Gasteiger partial charge >= 0.3 is 0 Å². The van der Waals surface area contributed by atoms with Gasteiger partial charge in [-0.2, -0.15) is 0 Å². The van der Waals surface area contributed by atoms with Gasteiger partial charge in [0.2, 0.25) is 11.8 Å². The summed E-state index contributed by atoms with van der Waals surface area (Å²) in [6.07, 6.45) is 7.67. The summed E-state index contributed by atoms with van der Waals surface area (Å²) in [7, 11) is 0. The topological polar surface area (TPSA) is 89.4 Å². The average Bonchev–Trinajstić information content (AvgIpc) is 2.89. The molecule has 0 aromatic heterocycles. The van der Waals surface area contributed by atoms with Crippen molar-refractivity contribution in [3.05, 3.63) is 0 Å². The van der Waals surface area contributed by atoms with Crippen molar-refractivity contribution in [1.29, 1.82) is 0 Å². The van der Waals surface area contributed by atoms with Crippen LogP contribution in [0, 0.1) is 5.41 Å². The number of rotatable bonds is 4. The number of nitrogens with two attached hydrogens (primary N) is 2. The van der Waals surface area contributed by atoms with Crippen LogP contribution in [0.2, 0.25) is 0 Å². The van der Waals surface area contributed by atoms with Gasteiger partial charge in [-0.05, 0) is 37.6 Å². The molecule has 116 valence electrons. The summed E-state index contributed by atoms with van der Waals surface area (Å²) in [5.74, 6) is -0.315. The Kier molecular flexibility index (Phi) is 6.27. The maximum Gasteiger partial charge on any atom is 0.240 e. The van der Waals surface area contributed by atoms with Gasteiger partial charge < -0.3 is 16.4 Å². The van der Waals surface area contributed by atoms with Crippen molar-refractivity contribution in [2.24, 2.45) is 16.9 Å². The summed E-state index contributed by atoms with van der Waals surface area (Å²) in [5.41, 5.74) is 11.2. The van der Waals surface area contributed by atoms with E-state index in [1.165, 1.54) is 6.42 Å². The van der Waals surface area contributed by atoms with Gasteiger partial charge in [0.05, 0.1) is 0 Å². The molecule has 1 saturated heterocycles. The third kappa shape index (κ3) is 3.64. The molecular formula is C14H26ClN3O2. The minimum atomic E-state index is -0.397. The molecule has 1 saturated carbocycles. The third-order valence-corrected chi connectivity index (χ3v) is 4.78. The van der Waals surface area contributed by atoms with Gasteiger partial charge in [-0.15, -0.1) is 12.4 Å². The highest BCUT2D eigenvalue weighted by atomic mass is 35.5. The van der Waals surface area contributed by atoms with Crippen LogP contribution in [-0.2, 0) is 9.59 Å². The van der Waals surface area contributed by atoms with Gasteiger partial charge in [-0.25, -0.2) is 0 Å². The lowest BCUT2D eigenvalue weighted by Gasteiger charge is -2.37. The summed E-state index contributed by atoms with van der Waals surface area (Å²) in [5, 5.41) is 0. The van der Waals surface area contributed by atoms with Gasteiger partial charge in [0.25, 0.3) is 0 Å². The fourth-order valence-corrected chi connectivity index (χ4v) is 3.54. The molecule has 1 heterocycles. The minimum absolute atomic E-state index is 0. The van der Waals surface area contributed by atoms with Gasteiger partial charge in [0.1, 0.15) is 6.04 Å². The number of carbonyl (C=O) groups is 2. The lowest BCUT2D eigenvalue weighted by atomic mass is 9.71. The molecule has 0 spiro atoms. The Labute approximate surface area is 126 Å². The number of carbonyl (C=O) groups excluding carboxylic acids is 2. The van der Waals surface area contributed by atoms with E-state index in [1.807, 2.05) is 0 Å². The predicted octanol–water partition coefficient (Wildman–Crippen LogP) is 1.18. The highest BCUT2D eigenvalue weighted by Gasteiger charge is 2.38. The van der Waals surface area contributed by atoms with Crippen LogP contribution in [0.5, 0.6) is 0 Å². The molecule has 0 bridgehead atoms. The van der Waals surface area contributed by atoms with E-state index in [0.29, 0.717) is 25.9 Å². The number of primary amides is 1. The Morgan fingerprint density at radius 2 is 1.80 bits per heavy atom. The van der Waals surface area contributed by atoms with E-state index < -0.39 is 6.04 Å². The standard InChI is InChI=1S/C14H25N3O2.ClH/c15-10-14(6-2-1-3-7-14)9-12(18)17-8-4-5-11(17)13(16)19;/h11H,1-10,15H2,(H2,16,19);1H. The first kappa shape index (κ1) is 17.2. The Morgan fingerprint density at radius 3 is 2.35 bits per heavy atom. The molecule has 1 atom stereocenters. The van der Waals surface area contributed by atoms with E-state index in [4.69, 9.17) is 11.5 Å². The number of likely N-dealkylation sites (tertiary alicyclic amines) is 1. The molecule has 1 aliphatic carbocycles. The molecule has 0 aromatic carbocycles. The van der Waals surface area contributed by atoms with Crippen LogP contribution in [0.25, 0.3) is 0 Å². The molecule has 2 rings (SSSR count). The van der Waals surface area contributed by atoms with Crippen LogP contribution < -0.4 is 11.5 Å². The zero-order valence-electron chi connectivity index (χ0n) is 12.0. The molecule has 20 heavy (non-hydrogen) atoms. The van der Waals surface area contributed by atoms with Gasteiger partial charge in [0, 0.05) is 13.0 Å². The molecule has 0 radical (unpaired) electrons. The first-order chi connectivity index (χ1) is 9.08. The molecule has 2 amide bonds. The summed E-state index contributed by atoms with van der Waals surface area (Å²) in [4.78, 5) is 25.5. The van der Waals surface area contributed by atoms with E-state index in [-0.39, 0.29) is 29.6 Å². The molecule has 2 aliphatic rings. The zero-order valence-corrected chi connectivity index (χ0v) is 12.8. The predicted molar refractivity (Wildman–Crippen MR) is 80.4 cm³/mol. The number of nitrogens with zero attached hydrogens (tertiary/aromatic N) is 1. The van der Waals surface area contributed by atoms with Crippen molar-refractivity contribution in [1.82, 2.24) is 4.90 Å². The van der Waals surface area contributed by atoms with Crippen LogP contribution in [0.1, 0.15) is 51.4 Å². The monoisotopic (exact) mass is 303 g/mol. The van der Waals surface area contributed by atoms with Crippen molar-refractivity contribution in [2.75, 3.05) is 13.1 Å². The summed E-state index contributed by atoms with van der Waals surface area (Å²) < 4.78 is 0. The van der Waals surface area contributed by atoms with Crippen molar-refractivity contribution in [3.63, 3.8) is 0 Å². The number of hydrogen-bond acceptors (Lipinski definition) is 3. The van der Waals surface area contributed by atoms with Crippen molar-refractivity contribution < 1.29 is 9.59 Å². The fourth-order valence-electron chi connectivity index (χ4n) is 3.54. The Balaban J connectivity index is 0.00000200. The van der Waals surface area contributed by atoms with Gasteiger partial charge in [0.15, 0.2) is 0 Å². The second-order valence-electron chi connectivity index (χ2n) is 6.09. The number of amides is 2. The van der Waals surface area contributed by atoms with Gasteiger partial charge in [-0.3, -0.25) is 9.59 Å². The summed E-state index contributed by atoms with van der Waals surface area (Å²) >= 11 is 0. The van der Waals surface area contributed by atoms with Crippen LogP contribution in [-0.4, -0.2) is 35.8 Å². The lowest BCUT2D eigenvalue weighted by Crippen LogP contribution is -2.46. The average molecular weight is 304 g/mol. The largest absolute Gasteiger partial charge is 0.368 e. The number of hydrogen-bond donors (Lipinski definition) is 2. The second kappa shape index (κ2) is 7.27. The molecule has 1 aliphatic heterocycles. The lowest BCUT2D eigenvalue weighted by molar-refractivity contribution is -0.139. The molecule has 5 nitrogen and oxygen atoms in total. The highest BCUT2D eigenvalue weighted by molar-refractivity contribution is 5.87. The van der Waals surface area contributed by atoms with Crippen LogP contribution in [0.15, 0.2) is 0 Å². The van der Waals surface area contributed by atoms with E-state index in [0.717, 1.165) is 32.1 Å². The van der Waals surface area contributed by atoms with Crippen molar-refractivity contribution in [3.8, 4) is 0 Å². The summed E-state index contributed by atoms with van der Waals surface area (Å²) in [6.45, 7) is 1.22. The molecular weight excluding hydrogens is 278 g/mol. The maximum atomic E-state index is 12.5. The second-order valence-corrected chi connectivity index (χ2v) is 6.09. The van der Waals surface area contributed by atoms with E-state index >= 15 is 0 Å². The first-order valence-corrected chi connectivity index (χ1v) is 7.37. The Bertz CT molecular complexity index is 356. The van der Waals surface area contributed by atoms with Crippen LogP contribution in [0.4, 0.5) is 0 Å². The Hall–Kier alpha value is -0.810. The zero-order chi connectivity index (χ0) is 13.9. The summed E-state index contributed by atoms with van der Waals surface area (Å²) in [6, 6.07) is -0.397. The molecule has 4 N–H and O–H groups in total. The van der Waals surface area contributed by atoms with Gasteiger partial charge in [-0.1, -0.05) is 19.3 Å². The quantitative estimate of drug-likeness (QED) is 0.817. The SMILES string of the molecule is Cl.NCC1(CC(=O)N2CCCC2C(N)=O)CCCCC1. The molecule has 6 heteroatoms. The molecule has 1 unspecified atom stereocenters. The smallest absolute Gasteiger partial charge is 0.240 e. The van der Waals surface area contributed by atoms with Crippen molar-refractivity contribution in [2.45, 2.75) is 57.4 Å². The van der Waals surface area contributed by atoms with Crippen LogP contribution >= 0.6 is 12.4 Å². The fraction of sp³-hybridized carbons (Fsp3) is 0.857. The highest BCUT2D eigenvalue weighted by Crippen LogP contribution is 2.39. The normalized spacial score (nSPS) is 25.1. The van der Waals surface area contributed by atoms with E-state index in [9.17, 15) is 9.59 Å². The van der Waals surface area contributed by atoms with Crippen molar-refractivity contribution >= 4 is 24.2 Å². The van der Waals surface area contributed by atoms with E-state index in [2.05, 4.69) is 0 Å². The number of halogens is 1. The molecule has 0 aromatic rings. The maximum absolute atomic E-state index is 12.5. The Morgan fingerprint density at radius 1 is 1.15 bits per heavy atom. The van der Waals surface area contributed by atoms with Crippen LogP contribution in [0.3, 0.4) is 0 Å². The molecule has 2 fully saturated rings. The first-order valence-electron chi connectivity index (χ1n) is 7.37. The van der Waals surface area contributed by atoms with E-state index in [1.54, 1.807) is 4.90 Å².